The van der Waals surface area contributed by atoms with Crippen LogP contribution in [-0.2, 0) is 11.3 Å². The Morgan fingerprint density at radius 2 is 1.22 bits per heavy atom. The van der Waals surface area contributed by atoms with Crippen molar-refractivity contribution in [3.8, 4) is 0 Å². The van der Waals surface area contributed by atoms with Gasteiger partial charge in [-0.05, 0) is 70.0 Å². The van der Waals surface area contributed by atoms with E-state index in [-0.39, 0.29) is 0 Å². The van der Waals surface area contributed by atoms with Gasteiger partial charge in [0.15, 0.2) is 0 Å². The Morgan fingerprint density at radius 3 is 1.81 bits per heavy atom. The van der Waals surface area contributed by atoms with Crippen LogP contribution in [-0.4, -0.2) is 29.1 Å². The molecule has 1 aromatic rings. The lowest BCUT2D eigenvalue weighted by atomic mass is 10.1. The maximum absolute atomic E-state index is 10.6. The highest BCUT2D eigenvalue weighted by atomic mass is 16.4. The summed E-state index contributed by atoms with van der Waals surface area (Å²) in [5.74, 6) is -0.670. The zero-order valence-corrected chi connectivity index (χ0v) is 23.3. The molecule has 3 heteroatoms. The van der Waals surface area contributed by atoms with E-state index in [2.05, 4.69) is 66.5 Å². The SMILES string of the molecule is CCCCCC/C=C\C/C=C\CCCCCCCN(CCCCCCCC(=O)O)Cc1ccccc1. The molecule has 0 aromatic heterocycles. The van der Waals surface area contributed by atoms with Crippen LogP contribution in [0.15, 0.2) is 54.6 Å². The quantitative estimate of drug-likeness (QED) is 0.108. The minimum absolute atomic E-state index is 0.313. The summed E-state index contributed by atoms with van der Waals surface area (Å²) in [6.07, 6.45) is 30.7. The van der Waals surface area contributed by atoms with Crippen molar-refractivity contribution in [1.29, 1.82) is 0 Å². The van der Waals surface area contributed by atoms with Crippen LogP contribution in [0.5, 0.6) is 0 Å². The Balaban J connectivity index is 2.10. The molecule has 0 spiro atoms. The number of nitrogens with zero attached hydrogens (tertiary/aromatic N) is 1. The maximum Gasteiger partial charge on any atom is 0.303 e. The van der Waals surface area contributed by atoms with Gasteiger partial charge in [0.1, 0.15) is 0 Å². The van der Waals surface area contributed by atoms with Crippen LogP contribution in [0.3, 0.4) is 0 Å². The van der Waals surface area contributed by atoms with Gasteiger partial charge in [-0.15, -0.1) is 0 Å². The molecule has 3 nitrogen and oxygen atoms in total. The van der Waals surface area contributed by atoms with Crippen LogP contribution in [0.2, 0.25) is 0 Å². The Labute approximate surface area is 223 Å². The largest absolute Gasteiger partial charge is 0.481 e. The normalized spacial score (nSPS) is 11.8. The molecular formula is C33H55NO2. The van der Waals surface area contributed by atoms with Gasteiger partial charge in [0, 0.05) is 13.0 Å². The van der Waals surface area contributed by atoms with E-state index < -0.39 is 5.97 Å². The number of hydrogen-bond acceptors (Lipinski definition) is 2. The Bertz CT molecular complexity index is 668. The molecule has 1 N–H and O–H groups in total. The molecule has 1 rings (SSSR count). The van der Waals surface area contributed by atoms with E-state index in [1.807, 2.05) is 0 Å². The van der Waals surface area contributed by atoms with Crippen molar-refractivity contribution in [3.63, 3.8) is 0 Å². The van der Waals surface area contributed by atoms with Crippen molar-refractivity contribution in [2.75, 3.05) is 13.1 Å². The summed E-state index contributed by atoms with van der Waals surface area (Å²) >= 11 is 0. The number of rotatable bonds is 25. The number of carboxylic acids is 1. The molecule has 0 aliphatic rings. The van der Waals surface area contributed by atoms with E-state index in [1.54, 1.807) is 0 Å². The van der Waals surface area contributed by atoms with Gasteiger partial charge in [-0.25, -0.2) is 0 Å². The third-order valence-corrected chi connectivity index (χ3v) is 6.79. The number of carbonyl (C=O) groups is 1. The maximum atomic E-state index is 10.6. The van der Waals surface area contributed by atoms with Gasteiger partial charge in [0.25, 0.3) is 0 Å². The van der Waals surface area contributed by atoms with Crippen molar-refractivity contribution >= 4 is 5.97 Å². The molecule has 0 saturated carbocycles. The standard InChI is InChI=1S/C33H55NO2/c1-2-3-4-5-6-7-8-9-10-11-12-13-14-15-18-24-29-34(31-32-26-21-20-22-27-32)30-25-19-16-17-23-28-33(35)36/h7-8,10-11,20-22,26-27H,2-6,9,12-19,23-25,28-31H2,1H3,(H,35,36)/b8-7-,11-10-. The van der Waals surface area contributed by atoms with Crippen molar-refractivity contribution < 1.29 is 9.90 Å². The van der Waals surface area contributed by atoms with Crippen molar-refractivity contribution in [2.24, 2.45) is 0 Å². The lowest BCUT2D eigenvalue weighted by Gasteiger charge is -2.22. The number of aliphatic carboxylic acids is 1. The van der Waals surface area contributed by atoms with E-state index in [0.29, 0.717) is 6.42 Å². The highest BCUT2D eigenvalue weighted by Crippen LogP contribution is 2.12. The molecule has 0 radical (unpaired) electrons. The second-order valence-corrected chi connectivity index (χ2v) is 10.3. The van der Waals surface area contributed by atoms with Crippen molar-refractivity contribution in [1.82, 2.24) is 4.90 Å². The number of unbranched alkanes of at least 4 members (excludes halogenated alkanes) is 13. The Kier molecular flexibility index (Phi) is 22.2. The summed E-state index contributed by atoms with van der Waals surface area (Å²) in [4.78, 5) is 13.2. The summed E-state index contributed by atoms with van der Waals surface area (Å²) < 4.78 is 0. The first kappa shape index (κ1) is 32.2. The average molecular weight is 498 g/mol. The predicted molar refractivity (Wildman–Crippen MR) is 156 cm³/mol. The molecule has 0 bridgehead atoms. The summed E-state index contributed by atoms with van der Waals surface area (Å²) in [5, 5.41) is 8.75. The van der Waals surface area contributed by atoms with Crippen LogP contribution in [0.4, 0.5) is 0 Å². The van der Waals surface area contributed by atoms with Crippen LogP contribution in [0.25, 0.3) is 0 Å². The predicted octanol–water partition coefficient (Wildman–Crippen LogP) is 9.73. The highest BCUT2D eigenvalue weighted by molar-refractivity contribution is 5.66. The average Bonchev–Trinajstić information content (AvgIpc) is 2.88. The summed E-state index contributed by atoms with van der Waals surface area (Å²) in [5.41, 5.74) is 1.40. The second-order valence-electron chi connectivity index (χ2n) is 10.3. The van der Waals surface area contributed by atoms with E-state index in [0.717, 1.165) is 38.8 Å². The number of allylic oxidation sites excluding steroid dienone is 4. The molecule has 0 amide bonds. The molecule has 0 aliphatic carbocycles. The summed E-state index contributed by atoms with van der Waals surface area (Å²) in [6.45, 7) is 5.63. The van der Waals surface area contributed by atoms with Crippen LogP contribution in [0.1, 0.15) is 128 Å². The zero-order chi connectivity index (χ0) is 25.9. The van der Waals surface area contributed by atoms with Gasteiger partial charge in [-0.1, -0.05) is 119 Å². The second kappa shape index (κ2) is 24.8. The van der Waals surface area contributed by atoms with Crippen LogP contribution >= 0.6 is 0 Å². The fraction of sp³-hybridized carbons (Fsp3) is 0.667. The molecule has 1 aromatic carbocycles. The van der Waals surface area contributed by atoms with Crippen LogP contribution < -0.4 is 0 Å². The molecule has 0 heterocycles. The Hall–Kier alpha value is -1.87. The lowest BCUT2D eigenvalue weighted by molar-refractivity contribution is -0.137. The molecule has 204 valence electrons. The van der Waals surface area contributed by atoms with E-state index in [1.165, 1.54) is 95.6 Å². The van der Waals surface area contributed by atoms with Gasteiger partial charge >= 0.3 is 5.97 Å². The number of hydrogen-bond donors (Lipinski definition) is 1. The lowest BCUT2D eigenvalue weighted by Crippen LogP contribution is -2.25. The first-order valence-corrected chi connectivity index (χ1v) is 15.0. The van der Waals surface area contributed by atoms with Gasteiger partial charge < -0.3 is 5.11 Å². The fourth-order valence-corrected chi connectivity index (χ4v) is 4.58. The molecular weight excluding hydrogens is 442 g/mol. The molecule has 0 saturated heterocycles. The molecule has 0 atom stereocenters. The zero-order valence-electron chi connectivity index (χ0n) is 23.3. The minimum Gasteiger partial charge on any atom is -0.481 e. The molecule has 36 heavy (non-hydrogen) atoms. The van der Waals surface area contributed by atoms with Gasteiger partial charge in [0.2, 0.25) is 0 Å². The summed E-state index contributed by atoms with van der Waals surface area (Å²) in [7, 11) is 0. The fourth-order valence-electron chi connectivity index (χ4n) is 4.58. The first-order valence-electron chi connectivity index (χ1n) is 15.0. The highest BCUT2D eigenvalue weighted by Gasteiger charge is 2.06. The minimum atomic E-state index is -0.670. The van der Waals surface area contributed by atoms with Gasteiger partial charge in [-0.2, -0.15) is 0 Å². The first-order chi connectivity index (χ1) is 17.7. The van der Waals surface area contributed by atoms with Gasteiger partial charge in [0.05, 0.1) is 0 Å². The van der Waals surface area contributed by atoms with Gasteiger partial charge in [-0.3, -0.25) is 9.69 Å². The summed E-state index contributed by atoms with van der Waals surface area (Å²) in [6, 6.07) is 10.8. The molecule has 0 unspecified atom stereocenters. The third kappa shape index (κ3) is 21.4. The van der Waals surface area contributed by atoms with E-state index in [4.69, 9.17) is 5.11 Å². The molecule has 0 aliphatic heterocycles. The Morgan fingerprint density at radius 1 is 0.694 bits per heavy atom. The van der Waals surface area contributed by atoms with Crippen molar-refractivity contribution in [3.05, 3.63) is 60.2 Å². The molecule has 0 fully saturated rings. The number of carboxylic acid groups (broad SMARTS) is 1. The number of benzene rings is 1. The smallest absolute Gasteiger partial charge is 0.303 e. The van der Waals surface area contributed by atoms with E-state index in [9.17, 15) is 4.79 Å². The van der Waals surface area contributed by atoms with Crippen LogP contribution in [0, 0.1) is 0 Å². The third-order valence-electron chi connectivity index (χ3n) is 6.79. The van der Waals surface area contributed by atoms with E-state index >= 15 is 0 Å². The monoisotopic (exact) mass is 497 g/mol. The van der Waals surface area contributed by atoms with Crippen molar-refractivity contribution in [2.45, 2.75) is 129 Å². The topological polar surface area (TPSA) is 40.5 Å².